The normalized spacial score (nSPS) is 11.0. The number of anilines is 1. The third-order valence-corrected chi connectivity index (χ3v) is 5.33. The van der Waals surface area contributed by atoms with Gasteiger partial charge in [-0.15, -0.1) is 0 Å². The van der Waals surface area contributed by atoms with E-state index >= 15 is 0 Å². The van der Waals surface area contributed by atoms with Crippen LogP contribution < -0.4 is 10.0 Å². The van der Waals surface area contributed by atoms with Gasteiger partial charge in [-0.3, -0.25) is 14.3 Å². The van der Waals surface area contributed by atoms with Crippen LogP contribution in [0.5, 0.6) is 0 Å². The average Bonchev–Trinajstić information content (AvgIpc) is 3.20. The number of furan rings is 1. The molecule has 0 spiro atoms. The molecule has 0 aliphatic heterocycles. The first-order valence-corrected chi connectivity index (χ1v) is 9.88. The minimum absolute atomic E-state index is 0.0639. The van der Waals surface area contributed by atoms with E-state index < -0.39 is 15.9 Å². The number of rotatable bonds is 7. The van der Waals surface area contributed by atoms with Crippen LogP contribution in [0.15, 0.2) is 76.2 Å². The summed E-state index contributed by atoms with van der Waals surface area (Å²) in [4.78, 5) is 24.0. The number of para-hydroxylation sites is 1. The Hall–Kier alpha value is -3.39. The standard InChI is InChI=1S/C20H18N2O5S/c1-14(23)15-6-4-8-17(12-15)28(25,26)22-19-10-3-2-9-18(19)20(24)21-13-16-7-5-11-27-16/h2-12,22H,13H2,1H3,(H,21,24). The van der Waals surface area contributed by atoms with Crippen molar-refractivity contribution in [3.05, 3.63) is 83.8 Å². The van der Waals surface area contributed by atoms with Gasteiger partial charge in [0.25, 0.3) is 15.9 Å². The van der Waals surface area contributed by atoms with Crippen molar-refractivity contribution in [3.8, 4) is 0 Å². The molecule has 1 amide bonds. The highest BCUT2D eigenvalue weighted by molar-refractivity contribution is 7.92. The largest absolute Gasteiger partial charge is 0.467 e. The molecule has 3 aromatic rings. The fraction of sp³-hybridized carbons (Fsp3) is 0.100. The van der Waals surface area contributed by atoms with Crippen molar-refractivity contribution >= 4 is 27.4 Å². The maximum atomic E-state index is 12.7. The number of ketones is 1. The van der Waals surface area contributed by atoms with E-state index in [0.717, 1.165) is 0 Å². The molecule has 0 aliphatic carbocycles. The maximum Gasteiger partial charge on any atom is 0.261 e. The predicted octanol–water partition coefficient (Wildman–Crippen LogP) is 3.21. The zero-order valence-electron chi connectivity index (χ0n) is 15.0. The minimum Gasteiger partial charge on any atom is -0.467 e. The monoisotopic (exact) mass is 398 g/mol. The summed E-state index contributed by atoms with van der Waals surface area (Å²) in [5.41, 5.74) is 0.584. The zero-order valence-corrected chi connectivity index (χ0v) is 15.8. The van der Waals surface area contributed by atoms with E-state index in [1.165, 1.54) is 49.6 Å². The number of sulfonamides is 1. The summed E-state index contributed by atoms with van der Waals surface area (Å²) in [6.45, 7) is 1.53. The Morgan fingerprint density at radius 3 is 2.50 bits per heavy atom. The zero-order chi connectivity index (χ0) is 20.1. The molecular formula is C20H18N2O5S. The number of amides is 1. The van der Waals surface area contributed by atoms with Gasteiger partial charge >= 0.3 is 0 Å². The van der Waals surface area contributed by atoms with Gasteiger partial charge in [0.15, 0.2) is 5.78 Å². The van der Waals surface area contributed by atoms with Crippen LogP contribution in [0.3, 0.4) is 0 Å². The fourth-order valence-electron chi connectivity index (χ4n) is 2.53. The van der Waals surface area contributed by atoms with Gasteiger partial charge < -0.3 is 9.73 Å². The molecule has 8 heteroatoms. The molecule has 0 bridgehead atoms. The number of benzene rings is 2. The number of nitrogens with one attached hydrogen (secondary N) is 2. The lowest BCUT2D eigenvalue weighted by Crippen LogP contribution is -2.24. The summed E-state index contributed by atoms with van der Waals surface area (Å²) in [5.74, 6) is -0.116. The molecule has 0 unspecified atom stereocenters. The van der Waals surface area contributed by atoms with Crippen molar-refractivity contribution in [1.29, 1.82) is 0 Å². The van der Waals surface area contributed by atoms with Gasteiger partial charge in [-0.2, -0.15) is 0 Å². The van der Waals surface area contributed by atoms with Crippen LogP contribution in [0, 0.1) is 0 Å². The quantitative estimate of drug-likeness (QED) is 0.595. The molecule has 1 heterocycles. The summed E-state index contributed by atoms with van der Waals surface area (Å²) < 4.78 is 33.0. The van der Waals surface area contributed by atoms with E-state index in [4.69, 9.17) is 4.42 Å². The van der Waals surface area contributed by atoms with E-state index in [9.17, 15) is 18.0 Å². The third-order valence-electron chi connectivity index (χ3n) is 3.97. The molecule has 0 atom stereocenters. The second kappa shape index (κ2) is 8.10. The van der Waals surface area contributed by atoms with Crippen LogP contribution in [0.2, 0.25) is 0 Å². The van der Waals surface area contributed by atoms with E-state index in [0.29, 0.717) is 5.76 Å². The van der Waals surface area contributed by atoms with Gasteiger partial charge in [0.05, 0.1) is 29.0 Å². The Morgan fingerprint density at radius 1 is 1.00 bits per heavy atom. The second-order valence-electron chi connectivity index (χ2n) is 6.00. The van der Waals surface area contributed by atoms with E-state index in [1.807, 2.05) is 0 Å². The number of carbonyl (C=O) groups excluding carboxylic acids is 2. The van der Waals surface area contributed by atoms with Crippen LogP contribution in [0.1, 0.15) is 33.4 Å². The van der Waals surface area contributed by atoms with Crippen molar-refractivity contribution in [1.82, 2.24) is 5.32 Å². The number of hydrogen-bond acceptors (Lipinski definition) is 5. The van der Waals surface area contributed by atoms with Gasteiger partial charge in [-0.1, -0.05) is 24.3 Å². The molecule has 0 fully saturated rings. The summed E-state index contributed by atoms with van der Waals surface area (Å²) in [6.07, 6.45) is 1.50. The topological polar surface area (TPSA) is 105 Å². The van der Waals surface area contributed by atoms with E-state index in [2.05, 4.69) is 10.0 Å². The first-order chi connectivity index (χ1) is 13.4. The first kappa shape index (κ1) is 19.4. The summed E-state index contributed by atoms with van der Waals surface area (Å²) in [5, 5.41) is 2.68. The minimum atomic E-state index is -3.98. The molecule has 1 aromatic heterocycles. The molecular weight excluding hydrogens is 380 g/mol. The first-order valence-electron chi connectivity index (χ1n) is 8.40. The molecule has 3 rings (SSSR count). The van der Waals surface area contributed by atoms with Gasteiger partial charge in [-0.05, 0) is 43.3 Å². The van der Waals surface area contributed by atoms with E-state index in [-0.39, 0.29) is 34.0 Å². The Balaban J connectivity index is 1.83. The summed E-state index contributed by atoms with van der Waals surface area (Å²) in [7, 11) is -3.98. The van der Waals surface area contributed by atoms with Gasteiger partial charge in [0.2, 0.25) is 0 Å². The van der Waals surface area contributed by atoms with Crippen molar-refractivity contribution in [2.24, 2.45) is 0 Å². The Kier molecular flexibility index (Phi) is 5.60. The number of hydrogen-bond donors (Lipinski definition) is 2. The Labute approximate surface area is 162 Å². The molecule has 0 saturated heterocycles. The third kappa shape index (κ3) is 4.47. The van der Waals surface area contributed by atoms with Crippen molar-refractivity contribution in [3.63, 3.8) is 0 Å². The van der Waals surface area contributed by atoms with Crippen molar-refractivity contribution in [2.75, 3.05) is 4.72 Å². The number of carbonyl (C=O) groups is 2. The highest BCUT2D eigenvalue weighted by Crippen LogP contribution is 2.21. The molecule has 144 valence electrons. The highest BCUT2D eigenvalue weighted by atomic mass is 32.2. The Bertz CT molecular complexity index is 1110. The Morgan fingerprint density at radius 2 is 1.79 bits per heavy atom. The molecule has 2 N–H and O–H groups in total. The lowest BCUT2D eigenvalue weighted by atomic mass is 10.1. The SMILES string of the molecule is CC(=O)c1cccc(S(=O)(=O)Nc2ccccc2C(=O)NCc2ccco2)c1. The summed E-state index contributed by atoms with van der Waals surface area (Å²) in [6, 6.07) is 15.4. The lowest BCUT2D eigenvalue weighted by Gasteiger charge is -2.13. The predicted molar refractivity (Wildman–Crippen MR) is 104 cm³/mol. The molecule has 2 aromatic carbocycles. The summed E-state index contributed by atoms with van der Waals surface area (Å²) >= 11 is 0. The maximum absolute atomic E-state index is 12.7. The number of Topliss-reactive ketones (excluding diaryl/α,β-unsaturated/α-hetero) is 1. The van der Waals surface area contributed by atoms with Crippen molar-refractivity contribution < 1.29 is 22.4 Å². The van der Waals surface area contributed by atoms with Gasteiger partial charge in [0, 0.05) is 5.56 Å². The second-order valence-corrected chi connectivity index (χ2v) is 7.68. The molecule has 0 aliphatic rings. The lowest BCUT2D eigenvalue weighted by molar-refractivity contribution is 0.0948. The highest BCUT2D eigenvalue weighted by Gasteiger charge is 2.19. The molecule has 0 saturated carbocycles. The molecule has 28 heavy (non-hydrogen) atoms. The van der Waals surface area contributed by atoms with Gasteiger partial charge in [-0.25, -0.2) is 8.42 Å². The van der Waals surface area contributed by atoms with E-state index in [1.54, 1.807) is 24.3 Å². The van der Waals surface area contributed by atoms with Crippen LogP contribution >= 0.6 is 0 Å². The van der Waals surface area contributed by atoms with Crippen LogP contribution in [0.25, 0.3) is 0 Å². The van der Waals surface area contributed by atoms with Gasteiger partial charge in [0.1, 0.15) is 5.76 Å². The van der Waals surface area contributed by atoms with Crippen LogP contribution in [-0.2, 0) is 16.6 Å². The average molecular weight is 398 g/mol. The van der Waals surface area contributed by atoms with Crippen molar-refractivity contribution in [2.45, 2.75) is 18.4 Å². The van der Waals surface area contributed by atoms with Crippen LogP contribution in [0.4, 0.5) is 5.69 Å². The fourth-order valence-corrected chi connectivity index (χ4v) is 3.66. The van der Waals surface area contributed by atoms with Crippen LogP contribution in [-0.4, -0.2) is 20.1 Å². The molecule has 7 nitrogen and oxygen atoms in total. The molecule has 0 radical (unpaired) electrons. The smallest absolute Gasteiger partial charge is 0.261 e.